The summed E-state index contributed by atoms with van der Waals surface area (Å²) in [7, 11) is 6.03. The third kappa shape index (κ3) is 6.63. The van der Waals surface area contributed by atoms with Crippen molar-refractivity contribution in [2.24, 2.45) is 18.0 Å². The van der Waals surface area contributed by atoms with E-state index in [9.17, 15) is 0 Å². The molecule has 2 rings (SSSR count). The lowest BCUT2D eigenvalue weighted by Gasteiger charge is -2.30. The molecule has 0 amide bonds. The van der Waals surface area contributed by atoms with Crippen molar-refractivity contribution in [2.45, 2.75) is 32.7 Å². The highest BCUT2D eigenvalue weighted by molar-refractivity contribution is 14.0. The smallest absolute Gasteiger partial charge is 0.193 e. The van der Waals surface area contributed by atoms with E-state index in [0.29, 0.717) is 0 Å². The Hall–Kier alpha value is -0.760. The van der Waals surface area contributed by atoms with Crippen LogP contribution >= 0.6 is 24.0 Å². The van der Waals surface area contributed by atoms with Crippen LogP contribution in [0.15, 0.2) is 23.3 Å². The molecule has 0 radical (unpaired) electrons. The standard InChI is InChI=1S/C18H33N5.HI/c1-16-8-13-23(14-9-16)12-6-10-20-18(19-2)22(4)15-17-7-5-11-21(17)3;/h5,7,11,16H,6,8-10,12-15H2,1-4H3,(H,19,20);1H. The Morgan fingerprint density at radius 2 is 2.08 bits per heavy atom. The Morgan fingerprint density at radius 3 is 2.67 bits per heavy atom. The third-order valence-electron chi connectivity index (χ3n) is 4.83. The van der Waals surface area contributed by atoms with Crippen molar-refractivity contribution < 1.29 is 0 Å². The molecule has 0 atom stereocenters. The van der Waals surface area contributed by atoms with Crippen LogP contribution in [0.5, 0.6) is 0 Å². The normalized spacial score (nSPS) is 16.8. The highest BCUT2D eigenvalue weighted by Gasteiger charge is 2.15. The zero-order chi connectivity index (χ0) is 16.7. The van der Waals surface area contributed by atoms with Crippen molar-refractivity contribution in [1.29, 1.82) is 0 Å². The van der Waals surface area contributed by atoms with Gasteiger partial charge in [0.25, 0.3) is 0 Å². The zero-order valence-electron chi connectivity index (χ0n) is 15.7. The van der Waals surface area contributed by atoms with E-state index in [1.54, 1.807) is 0 Å². The molecule has 24 heavy (non-hydrogen) atoms. The zero-order valence-corrected chi connectivity index (χ0v) is 18.0. The number of halogens is 1. The molecule has 0 aliphatic carbocycles. The lowest BCUT2D eigenvalue weighted by Crippen LogP contribution is -2.40. The Labute approximate surface area is 164 Å². The summed E-state index contributed by atoms with van der Waals surface area (Å²) in [6.45, 7) is 7.94. The summed E-state index contributed by atoms with van der Waals surface area (Å²) >= 11 is 0. The van der Waals surface area contributed by atoms with E-state index in [2.05, 4.69) is 64.0 Å². The SMILES string of the molecule is CN=C(NCCCN1CCC(C)CC1)N(C)Cc1cccn1C.I. The first-order valence-electron chi connectivity index (χ1n) is 8.84. The van der Waals surface area contributed by atoms with Crippen molar-refractivity contribution in [1.82, 2.24) is 19.7 Å². The summed E-state index contributed by atoms with van der Waals surface area (Å²) in [6.07, 6.45) is 5.97. The van der Waals surface area contributed by atoms with Gasteiger partial charge in [-0.1, -0.05) is 6.92 Å². The Morgan fingerprint density at radius 1 is 1.38 bits per heavy atom. The van der Waals surface area contributed by atoms with Crippen LogP contribution in [0.3, 0.4) is 0 Å². The van der Waals surface area contributed by atoms with E-state index in [1.165, 1.54) is 44.6 Å². The minimum atomic E-state index is 0. The molecule has 0 bridgehead atoms. The van der Waals surface area contributed by atoms with Crippen LogP contribution in [0.1, 0.15) is 31.9 Å². The van der Waals surface area contributed by atoms with Gasteiger partial charge < -0.3 is 19.7 Å². The van der Waals surface area contributed by atoms with Crippen molar-refractivity contribution in [3.63, 3.8) is 0 Å². The van der Waals surface area contributed by atoms with Crippen molar-refractivity contribution in [3.05, 3.63) is 24.0 Å². The van der Waals surface area contributed by atoms with E-state index in [-0.39, 0.29) is 24.0 Å². The fourth-order valence-corrected chi connectivity index (χ4v) is 3.15. The maximum absolute atomic E-state index is 4.40. The predicted molar refractivity (Wildman–Crippen MR) is 113 cm³/mol. The average molecular weight is 447 g/mol. The van der Waals surface area contributed by atoms with Gasteiger partial charge in [-0.2, -0.15) is 0 Å². The first-order valence-corrected chi connectivity index (χ1v) is 8.84. The molecule has 0 aromatic carbocycles. The second kappa shape index (κ2) is 11.0. The molecule has 0 unspecified atom stereocenters. The monoisotopic (exact) mass is 447 g/mol. The van der Waals surface area contributed by atoms with E-state index >= 15 is 0 Å². The molecule has 0 saturated carbocycles. The number of hydrogen-bond acceptors (Lipinski definition) is 2. The summed E-state index contributed by atoms with van der Waals surface area (Å²) in [4.78, 5) is 9.17. The van der Waals surface area contributed by atoms with Gasteiger partial charge in [-0.25, -0.2) is 0 Å². The largest absolute Gasteiger partial charge is 0.356 e. The summed E-state index contributed by atoms with van der Waals surface area (Å²) in [5.74, 6) is 1.88. The molecule has 2 heterocycles. The highest BCUT2D eigenvalue weighted by atomic mass is 127. The van der Waals surface area contributed by atoms with Gasteiger partial charge in [-0.05, 0) is 56.9 Å². The maximum Gasteiger partial charge on any atom is 0.193 e. The number of aromatic nitrogens is 1. The van der Waals surface area contributed by atoms with Crippen LogP contribution in [0.2, 0.25) is 0 Å². The fraction of sp³-hybridized carbons (Fsp3) is 0.722. The molecule has 0 spiro atoms. The van der Waals surface area contributed by atoms with Crippen LogP contribution in [-0.2, 0) is 13.6 Å². The second-order valence-electron chi connectivity index (χ2n) is 6.82. The van der Waals surface area contributed by atoms with Gasteiger partial charge in [0.15, 0.2) is 5.96 Å². The van der Waals surface area contributed by atoms with Crippen LogP contribution < -0.4 is 5.32 Å². The van der Waals surface area contributed by atoms with E-state index in [4.69, 9.17) is 0 Å². The van der Waals surface area contributed by atoms with Crippen molar-refractivity contribution in [2.75, 3.05) is 40.3 Å². The van der Waals surface area contributed by atoms with Gasteiger partial charge in [0.05, 0.1) is 6.54 Å². The van der Waals surface area contributed by atoms with Crippen LogP contribution in [-0.4, -0.2) is 60.6 Å². The number of aliphatic imine (C=N–C) groups is 1. The topological polar surface area (TPSA) is 35.8 Å². The van der Waals surface area contributed by atoms with Gasteiger partial charge >= 0.3 is 0 Å². The second-order valence-corrected chi connectivity index (χ2v) is 6.82. The number of nitrogens with zero attached hydrogens (tertiary/aromatic N) is 4. The molecule has 1 N–H and O–H groups in total. The number of likely N-dealkylation sites (tertiary alicyclic amines) is 1. The summed E-state index contributed by atoms with van der Waals surface area (Å²) in [5.41, 5.74) is 1.29. The number of rotatable bonds is 6. The minimum absolute atomic E-state index is 0. The molecule has 1 aliphatic heterocycles. The van der Waals surface area contributed by atoms with E-state index in [0.717, 1.165) is 25.0 Å². The minimum Gasteiger partial charge on any atom is -0.356 e. The van der Waals surface area contributed by atoms with Crippen LogP contribution in [0.25, 0.3) is 0 Å². The van der Waals surface area contributed by atoms with Crippen molar-refractivity contribution in [3.8, 4) is 0 Å². The number of hydrogen-bond donors (Lipinski definition) is 1. The fourth-order valence-electron chi connectivity index (χ4n) is 3.15. The lowest BCUT2D eigenvalue weighted by atomic mass is 9.99. The quantitative estimate of drug-likeness (QED) is 0.315. The first kappa shape index (κ1) is 21.3. The van der Waals surface area contributed by atoms with Gasteiger partial charge in [0, 0.05) is 39.6 Å². The van der Waals surface area contributed by atoms with Crippen LogP contribution in [0.4, 0.5) is 0 Å². The third-order valence-corrected chi connectivity index (χ3v) is 4.83. The average Bonchev–Trinajstić information content (AvgIpc) is 2.94. The molecule has 5 nitrogen and oxygen atoms in total. The number of piperidine rings is 1. The molecular weight excluding hydrogens is 413 g/mol. The van der Waals surface area contributed by atoms with Crippen molar-refractivity contribution >= 4 is 29.9 Å². The Bertz CT molecular complexity index is 491. The van der Waals surface area contributed by atoms with Gasteiger partial charge in [-0.15, -0.1) is 24.0 Å². The molecule has 1 aliphatic rings. The lowest BCUT2D eigenvalue weighted by molar-refractivity contribution is 0.191. The number of guanidine groups is 1. The highest BCUT2D eigenvalue weighted by Crippen LogP contribution is 2.15. The van der Waals surface area contributed by atoms with Gasteiger partial charge in [0.1, 0.15) is 0 Å². The molecule has 1 aromatic heterocycles. The molecule has 1 saturated heterocycles. The summed E-state index contributed by atoms with van der Waals surface area (Å²) in [6, 6.07) is 4.24. The summed E-state index contributed by atoms with van der Waals surface area (Å²) in [5, 5.41) is 3.49. The first-order chi connectivity index (χ1) is 11.1. The molecular formula is C18H34IN5. The molecule has 1 aromatic rings. The predicted octanol–water partition coefficient (Wildman–Crippen LogP) is 2.77. The maximum atomic E-state index is 4.40. The molecule has 138 valence electrons. The van der Waals surface area contributed by atoms with Gasteiger partial charge in [0.2, 0.25) is 0 Å². The van der Waals surface area contributed by atoms with E-state index in [1.807, 2.05) is 7.05 Å². The Balaban J connectivity index is 0.00000288. The molecule has 1 fully saturated rings. The van der Waals surface area contributed by atoms with Crippen LogP contribution in [0, 0.1) is 5.92 Å². The van der Waals surface area contributed by atoms with E-state index < -0.39 is 0 Å². The number of aryl methyl sites for hydroxylation is 1. The molecule has 6 heteroatoms. The number of nitrogens with one attached hydrogen (secondary N) is 1. The summed E-state index contributed by atoms with van der Waals surface area (Å²) < 4.78 is 2.15. The van der Waals surface area contributed by atoms with Gasteiger partial charge in [-0.3, -0.25) is 4.99 Å². The Kier molecular flexibility index (Phi) is 9.73.